The second-order valence-corrected chi connectivity index (χ2v) is 7.46. The van der Waals surface area contributed by atoms with Crippen molar-refractivity contribution in [2.45, 2.75) is 45.8 Å². The number of rotatable bonds is 3. The lowest BCUT2D eigenvalue weighted by atomic mass is 9.92. The molecule has 1 aliphatic heterocycles. The Morgan fingerprint density at radius 3 is 2.67 bits per heavy atom. The van der Waals surface area contributed by atoms with Crippen molar-refractivity contribution in [3.8, 4) is 0 Å². The van der Waals surface area contributed by atoms with Crippen LogP contribution in [0.2, 0.25) is 5.15 Å². The van der Waals surface area contributed by atoms with Crippen molar-refractivity contribution in [1.82, 2.24) is 14.8 Å². The molecule has 0 bridgehead atoms. The molecule has 2 rings (SSSR count). The fourth-order valence-electron chi connectivity index (χ4n) is 2.48. The summed E-state index contributed by atoms with van der Waals surface area (Å²) >= 11 is 5.95. The van der Waals surface area contributed by atoms with E-state index in [0.29, 0.717) is 0 Å². The Labute approximate surface area is 143 Å². The normalized spacial score (nSPS) is 25.5. The highest BCUT2D eigenvalue weighted by Gasteiger charge is 2.45. The van der Waals surface area contributed by atoms with E-state index in [2.05, 4.69) is 5.10 Å². The lowest BCUT2D eigenvalue weighted by Gasteiger charge is -2.40. The van der Waals surface area contributed by atoms with Crippen molar-refractivity contribution in [2.75, 3.05) is 13.1 Å². The number of halogens is 2. The molecule has 8 nitrogen and oxygen atoms in total. The summed E-state index contributed by atoms with van der Waals surface area (Å²) in [4.78, 5) is 27.4. The van der Waals surface area contributed by atoms with Gasteiger partial charge in [-0.3, -0.25) is 10.1 Å². The third-order valence-corrected chi connectivity index (χ3v) is 4.23. The average Bonchev–Trinajstić information content (AvgIpc) is 2.78. The smallest absolute Gasteiger partial charge is 0.330 e. The monoisotopic (exact) mass is 362 g/mol. The van der Waals surface area contributed by atoms with Gasteiger partial charge in [0.25, 0.3) is 0 Å². The second-order valence-electron chi connectivity index (χ2n) is 7.10. The topological polar surface area (TPSA) is 90.5 Å². The molecule has 2 atom stereocenters. The molecule has 0 aliphatic carbocycles. The number of aromatic nitrogens is 2. The first kappa shape index (κ1) is 18.6. The summed E-state index contributed by atoms with van der Waals surface area (Å²) < 4.78 is 16.2. The quantitative estimate of drug-likeness (QED) is 0.606. The van der Waals surface area contributed by atoms with E-state index in [9.17, 15) is 14.9 Å². The fourth-order valence-corrected chi connectivity index (χ4v) is 2.76. The van der Waals surface area contributed by atoms with Gasteiger partial charge in [0.05, 0.1) is 22.9 Å². The van der Waals surface area contributed by atoms with E-state index in [1.165, 1.54) is 12.0 Å². The molecule has 1 fully saturated rings. The van der Waals surface area contributed by atoms with Gasteiger partial charge in [-0.1, -0.05) is 11.6 Å². The molecular weight excluding hydrogens is 343 g/mol. The van der Waals surface area contributed by atoms with Gasteiger partial charge >= 0.3 is 11.7 Å². The zero-order chi connectivity index (χ0) is 18.3. The molecule has 0 amide bonds. The van der Waals surface area contributed by atoms with Gasteiger partial charge in [-0.15, -0.1) is 5.06 Å². The van der Waals surface area contributed by atoms with Crippen molar-refractivity contribution < 1.29 is 18.9 Å². The number of carbonyl (C=O) groups is 1. The van der Waals surface area contributed by atoms with E-state index in [-0.39, 0.29) is 30.4 Å². The van der Waals surface area contributed by atoms with Crippen molar-refractivity contribution in [3.63, 3.8) is 0 Å². The Hall–Kier alpha value is -1.74. The molecule has 2 unspecified atom stereocenters. The predicted molar refractivity (Wildman–Crippen MR) is 84.2 cm³/mol. The summed E-state index contributed by atoms with van der Waals surface area (Å²) in [5.74, 6) is -0.454. The molecule has 1 aliphatic rings. The van der Waals surface area contributed by atoms with E-state index in [0.717, 1.165) is 10.9 Å². The van der Waals surface area contributed by atoms with Crippen LogP contribution >= 0.6 is 11.6 Å². The number of hydrogen-bond donors (Lipinski definition) is 0. The minimum atomic E-state index is -1.83. The highest BCUT2D eigenvalue weighted by molar-refractivity contribution is 6.31. The molecule has 24 heavy (non-hydrogen) atoms. The summed E-state index contributed by atoms with van der Waals surface area (Å²) in [7, 11) is 0. The summed E-state index contributed by atoms with van der Waals surface area (Å²) in [5, 5.41) is 15.8. The number of alkyl halides is 1. The van der Waals surface area contributed by atoms with Gasteiger partial charge in [0, 0.05) is 6.54 Å². The second kappa shape index (κ2) is 6.29. The van der Waals surface area contributed by atoms with Gasteiger partial charge in [-0.2, -0.15) is 5.10 Å². The van der Waals surface area contributed by atoms with Crippen LogP contribution in [0.25, 0.3) is 0 Å². The van der Waals surface area contributed by atoms with Crippen LogP contribution in [0.3, 0.4) is 0 Å². The summed E-state index contributed by atoms with van der Waals surface area (Å²) in [6.07, 6.45) is 1.24. The number of nitrogens with zero attached hydrogens (tertiary/aromatic N) is 4. The van der Waals surface area contributed by atoms with Crippen LogP contribution in [0.15, 0.2) is 6.20 Å². The molecule has 134 valence electrons. The number of hydrogen-bond acceptors (Lipinski definition) is 6. The largest absolute Gasteiger partial charge is 0.367 e. The van der Waals surface area contributed by atoms with Crippen molar-refractivity contribution in [2.24, 2.45) is 5.41 Å². The first-order chi connectivity index (χ1) is 10.9. The first-order valence-electron chi connectivity index (χ1n) is 7.47. The molecule has 0 radical (unpaired) electrons. The standard InChI is InChI=1S/C14H20ClFN4O4/c1-13(2,3)12(21)24-18-6-5-10(14(4,16)8-18)19-11(15)9(7-17-19)20(22)23/h7,10H,5-6,8H2,1-4H3. The zero-order valence-corrected chi connectivity index (χ0v) is 14.7. The van der Waals surface area contributed by atoms with Crippen LogP contribution in [-0.2, 0) is 9.63 Å². The van der Waals surface area contributed by atoms with Gasteiger partial charge in [-0.05, 0) is 34.1 Å². The van der Waals surface area contributed by atoms with E-state index in [1.54, 1.807) is 20.8 Å². The SMILES string of the molecule is CC(C)(C)C(=O)ON1CCC(n2ncc([N+](=O)[O-])c2Cl)C(C)(F)C1. The Bertz CT molecular complexity index is 656. The van der Waals surface area contributed by atoms with Crippen LogP contribution < -0.4 is 0 Å². The molecule has 2 heterocycles. The molecule has 10 heteroatoms. The summed E-state index contributed by atoms with van der Waals surface area (Å²) in [6, 6.07) is -0.789. The minimum absolute atomic E-state index is 0.177. The van der Waals surface area contributed by atoms with Gasteiger partial charge in [0.15, 0.2) is 0 Å². The highest BCUT2D eigenvalue weighted by atomic mass is 35.5. The van der Waals surface area contributed by atoms with Crippen molar-refractivity contribution in [3.05, 3.63) is 21.5 Å². The molecule has 1 aromatic heterocycles. The minimum Gasteiger partial charge on any atom is -0.367 e. The molecule has 0 saturated carbocycles. The number of nitro groups is 1. The average molecular weight is 363 g/mol. The van der Waals surface area contributed by atoms with Gasteiger partial charge in [0.1, 0.15) is 11.9 Å². The first-order valence-corrected chi connectivity index (χ1v) is 7.85. The lowest BCUT2D eigenvalue weighted by Crippen LogP contribution is -2.51. The number of hydroxylamine groups is 2. The Morgan fingerprint density at radius 1 is 1.58 bits per heavy atom. The maximum atomic E-state index is 15.1. The van der Waals surface area contributed by atoms with E-state index in [4.69, 9.17) is 16.4 Å². The van der Waals surface area contributed by atoms with Crippen LogP contribution in [0.1, 0.15) is 40.2 Å². The maximum Gasteiger partial charge on any atom is 0.330 e. The Morgan fingerprint density at radius 2 is 2.21 bits per heavy atom. The van der Waals surface area contributed by atoms with Gasteiger partial charge < -0.3 is 4.84 Å². The number of carbonyl (C=O) groups excluding carboxylic acids is 1. The zero-order valence-electron chi connectivity index (χ0n) is 14.0. The molecular formula is C14H20ClFN4O4. The highest BCUT2D eigenvalue weighted by Crippen LogP contribution is 2.38. The van der Waals surface area contributed by atoms with E-state index < -0.39 is 28.0 Å². The summed E-state index contributed by atoms with van der Waals surface area (Å²) in [5.41, 5.74) is -2.90. The molecule has 1 aromatic rings. The lowest BCUT2D eigenvalue weighted by molar-refractivity contribution is -0.384. The third-order valence-electron chi connectivity index (χ3n) is 3.87. The van der Waals surface area contributed by atoms with Gasteiger partial charge in [-0.25, -0.2) is 13.9 Å². The third kappa shape index (κ3) is 3.67. The predicted octanol–water partition coefficient (Wildman–Crippen LogP) is 2.92. The molecule has 0 spiro atoms. The van der Waals surface area contributed by atoms with Crippen molar-refractivity contribution in [1.29, 1.82) is 0 Å². The van der Waals surface area contributed by atoms with E-state index in [1.807, 2.05) is 0 Å². The van der Waals surface area contributed by atoms with Crippen LogP contribution in [0, 0.1) is 15.5 Å². The van der Waals surface area contributed by atoms with Crippen LogP contribution in [-0.4, -0.2) is 44.5 Å². The maximum absolute atomic E-state index is 15.1. The van der Waals surface area contributed by atoms with Gasteiger partial charge in [0.2, 0.25) is 5.15 Å². The van der Waals surface area contributed by atoms with E-state index >= 15 is 4.39 Å². The van der Waals surface area contributed by atoms with Crippen molar-refractivity contribution >= 4 is 23.3 Å². The summed E-state index contributed by atoms with van der Waals surface area (Å²) in [6.45, 7) is 6.55. The van der Waals surface area contributed by atoms with Crippen LogP contribution in [0.4, 0.5) is 10.1 Å². The Kier molecular flexibility index (Phi) is 4.87. The van der Waals surface area contributed by atoms with Crippen LogP contribution in [0.5, 0.6) is 0 Å². The molecule has 0 N–H and O–H groups in total. The Balaban J connectivity index is 2.15. The molecule has 0 aromatic carbocycles. The fraction of sp³-hybridized carbons (Fsp3) is 0.714. The number of piperidine rings is 1. The molecule has 1 saturated heterocycles.